The van der Waals surface area contributed by atoms with E-state index in [1.54, 1.807) is 6.92 Å². The van der Waals surface area contributed by atoms with E-state index >= 15 is 0 Å². The molecule has 0 aromatic carbocycles. The number of thioether (sulfide) groups is 1. The Balaban J connectivity index is 2.72. The molecule has 0 saturated heterocycles. The first-order valence-electron chi connectivity index (χ1n) is 4.36. The van der Waals surface area contributed by atoms with Crippen molar-refractivity contribution in [3.8, 4) is 0 Å². The lowest BCUT2D eigenvalue weighted by atomic mass is 10.5. The number of ether oxygens (including phenoxy) is 1. The number of hydrogen-bond acceptors (Lipinski definition) is 7. The number of carbonyl (C=O) groups is 2. The fraction of sp³-hybridized carbons (Fsp3) is 0.375. The number of rotatable bonds is 3. The van der Waals surface area contributed by atoms with Crippen LogP contribution in [0, 0.1) is 0 Å². The molecule has 8 heteroatoms. The summed E-state index contributed by atoms with van der Waals surface area (Å²) in [5, 5.41) is 2.06. The minimum atomic E-state index is -0.786. The zero-order valence-corrected chi connectivity index (χ0v) is 10.4. The minimum absolute atomic E-state index is 0.121. The maximum atomic E-state index is 11.5. The second-order valence-electron chi connectivity index (χ2n) is 2.57. The summed E-state index contributed by atoms with van der Waals surface area (Å²) in [6, 6.07) is 0. The highest BCUT2D eigenvalue weighted by Gasteiger charge is 2.18. The molecule has 3 N–H and O–H groups in total. The zero-order chi connectivity index (χ0) is 12.1. The van der Waals surface area contributed by atoms with Crippen LogP contribution >= 0.6 is 23.1 Å². The normalized spacial score (nSPS) is 9.88. The van der Waals surface area contributed by atoms with Gasteiger partial charge < -0.3 is 10.5 Å². The molecule has 0 aliphatic rings. The number of nitrogens with zero attached hydrogens (tertiary/aromatic N) is 1. The van der Waals surface area contributed by atoms with Crippen LogP contribution < -0.4 is 11.1 Å². The first kappa shape index (κ1) is 12.8. The Bertz CT molecular complexity index is 405. The molecule has 0 atom stereocenters. The molecule has 88 valence electrons. The molecule has 0 aliphatic heterocycles. The largest absolute Gasteiger partial charge is 0.450 e. The predicted molar refractivity (Wildman–Crippen MR) is 62.8 cm³/mol. The lowest BCUT2D eigenvalue weighted by Crippen LogP contribution is -2.30. The molecule has 1 aromatic rings. The third-order valence-corrected chi connectivity index (χ3v) is 3.56. The van der Waals surface area contributed by atoms with Crippen molar-refractivity contribution < 1.29 is 14.3 Å². The molecule has 0 spiro atoms. The van der Waals surface area contributed by atoms with E-state index in [0.29, 0.717) is 4.34 Å². The van der Waals surface area contributed by atoms with E-state index in [4.69, 9.17) is 5.73 Å². The fourth-order valence-corrected chi connectivity index (χ4v) is 2.26. The molecule has 0 radical (unpaired) electrons. The van der Waals surface area contributed by atoms with Gasteiger partial charge in [-0.15, -0.1) is 11.3 Å². The number of nitrogens with two attached hydrogens (primary N) is 1. The van der Waals surface area contributed by atoms with Gasteiger partial charge in [0, 0.05) is 0 Å². The van der Waals surface area contributed by atoms with Crippen LogP contribution in [0.3, 0.4) is 0 Å². The summed E-state index contributed by atoms with van der Waals surface area (Å²) < 4.78 is 5.25. The van der Waals surface area contributed by atoms with Gasteiger partial charge >= 0.3 is 6.09 Å². The molecule has 2 amide bonds. The number of hydrogen-bond donors (Lipinski definition) is 2. The number of nitrogen functional groups attached to an aromatic ring is 1. The average Bonchev–Trinajstić information content (AvgIpc) is 2.60. The summed E-state index contributed by atoms with van der Waals surface area (Å²) in [4.78, 5) is 26.7. The van der Waals surface area contributed by atoms with Crippen molar-refractivity contribution in [3.05, 3.63) is 4.88 Å². The molecule has 6 nitrogen and oxygen atoms in total. The highest BCUT2D eigenvalue weighted by atomic mass is 32.2. The Kier molecular flexibility index (Phi) is 4.56. The minimum Gasteiger partial charge on any atom is -0.450 e. The Morgan fingerprint density at radius 2 is 2.31 bits per heavy atom. The number of amides is 2. The SMILES string of the molecule is CCOC(=O)NC(=O)c1sc(SC)nc1N. The predicted octanol–water partition coefficient (Wildman–Crippen LogP) is 1.33. The maximum absolute atomic E-state index is 11.5. The van der Waals surface area contributed by atoms with Crippen LogP contribution in [0.4, 0.5) is 10.6 Å². The van der Waals surface area contributed by atoms with Crippen molar-refractivity contribution in [1.82, 2.24) is 10.3 Å². The van der Waals surface area contributed by atoms with E-state index in [2.05, 4.69) is 15.0 Å². The number of carbonyl (C=O) groups excluding carboxylic acids is 2. The van der Waals surface area contributed by atoms with Crippen LogP contribution in [-0.4, -0.2) is 29.8 Å². The van der Waals surface area contributed by atoms with Crippen LogP contribution in [0.15, 0.2) is 4.34 Å². The van der Waals surface area contributed by atoms with Crippen molar-refractivity contribution in [1.29, 1.82) is 0 Å². The second-order valence-corrected chi connectivity index (χ2v) is 4.63. The Hall–Kier alpha value is -1.28. The van der Waals surface area contributed by atoms with E-state index in [0.717, 1.165) is 11.3 Å². The lowest BCUT2D eigenvalue weighted by molar-refractivity contribution is 0.0929. The van der Waals surface area contributed by atoms with Gasteiger partial charge in [-0.1, -0.05) is 11.8 Å². The van der Waals surface area contributed by atoms with Gasteiger partial charge in [0.2, 0.25) is 0 Å². The highest BCUT2D eigenvalue weighted by Crippen LogP contribution is 2.26. The third-order valence-electron chi connectivity index (χ3n) is 1.51. The molecule has 0 fully saturated rings. The Labute approximate surface area is 101 Å². The van der Waals surface area contributed by atoms with Crippen LogP contribution in [0.2, 0.25) is 0 Å². The first-order chi connectivity index (χ1) is 7.58. The molecule has 16 heavy (non-hydrogen) atoms. The van der Waals surface area contributed by atoms with Crippen molar-refractivity contribution in [2.24, 2.45) is 0 Å². The van der Waals surface area contributed by atoms with Gasteiger partial charge in [0.05, 0.1) is 6.61 Å². The molecule has 0 bridgehead atoms. The third kappa shape index (κ3) is 3.11. The highest BCUT2D eigenvalue weighted by molar-refractivity contribution is 8.00. The second kappa shape index (κ2) is 5.71. The summed E-state index contributed by atoms with van der Waals surface area (Å²) in [6.07, 6.45) is 1.04. The van der Waals surface area contributed by atoms with Crippen LogP contribution in [0.25, 0.3) is 0 Å². The van der Waals surface area contributed by atoms with E-state index in [1.165, 1.54) is 11.8 Å². The van der Waals surface area contributed by atoms with E-state index in [-0.39, 0.29) is 17.3 Å². The summed E-state index contributed by atoms with van der Waals surface area (Å²) in [6.45, 7) is 1.85. The standard InChI is InChI=1S/C8H11N3O3S2/c1-3-14-7(13)11-6(12)4-5(9)10-8(15-2)16-4/h3,9H2,1-2H3,(H,11,12,13). The van der Waals surface area contributed by atoms with Crippen molar-refractivity contribution in [2.75, 3.05) is 18.6 Å². The van der Waals surface area contributed by atoms with E-state index in [9.17, 15) is 9.59 Å². The van der Waals surface area contributed by atoms with Gasteiger partial charge in [0.15, 0.2) is 4.34 Å². The average molecular weight is 261 g/mol. The summed E-state index contributed by atoms with van der Waals surface area (Å²) in [7, 11) is 0. The molecular formula is C8H11N3O3S2. The van der Waals surface area contributed by atoms with Crippen molar-refractivity contribution in [3.63, 3.8) is 0 Å². The quantitative estimate of drug-likeness (QED) is 0.797. The number of anilines is 1. The Morgan fingerprint density at radius 3 is 2.81 bits per heavy atom. The molecule has 1 aromatic heterocycles. The number of aromatic nitrogens is 1. The number of alkyl carbamates (subject to hydrolysis) is 1. The van der Waals surface area contributed by atoms with Crippen molar-refractivity contribution in [2.45, 2.75) is 11.3 Å². The van der Waals surface area contributed by atoms with Crippen LogP contribution in [-0.2, 0) is 4.74 Å². The molecular weight excluding hydrogens is 250 g/mol. The van der Waals surface area contributed by atoms with Crippen LogP contribution in [0.1, 0.15) is 16.6 Å². The lowest BCUT2D eigenvalue weighted by Gasteiger charge is -2.01. The van der Waals surface area contributed by atoms with Gasteiger partial charge in [-0.3, -0.25) is 10.1 Å². The van der Waals surface area contributed by atoms with Gasteiger partial charge in [0.25, 0.3) is 5.91 Å². The van der Waals surface area contributed by atoms with E-state index < -0.39 is 12.0 Å². The summed E-state index contributed by atoms with van der Waals surface area (Å²) in [5.41, 5.74) is 5.54. The smallest absolute Gasteiger partial charge is 0.414 e. The van der Waals surface area contributed by atoms with E-state index in [1.807, 2.05) is 6.26 Å². The van der Waals surface area contributed by atoms with Crippen LogP contribution in [0.5, 0.6) is 0 Å². The number of imide groups is 1. The molecule has 1 heterocycles. The maximum Gasteiger partial charge on any atom is 0.414 e. The van der Waals surface area contributed by atoms with Crippen molar-refractivity contribution >= 4 is 40.9 Å². The summed E-state index contributed by atoms with van der Waals surface area (Å²) >= 11 is 2.52. The Morgan fingerprint density at radius 1 is 1.62 bits per heavy atom. The number of thiazole rings is 1. The zero-order valence-electron chi connectivity index (χ0n) is 8.77. The molecule has 0 saturated carbocycles. The fourth-order valence-electron chi connectivity index (χ4n) is 0.878. The topological polar surface area (TPSA) is 94.3 Å². The first-order valence-corrected chi connectivity index (χ1v) is 6.41. The molecule has 0 aliphatic carbocycles. The van der Waals surface area contributed by atoms with Gasteiger partial charge in [-0.05, 0) is 13.2 Å². The molecule has 1 rings (SSSR count). The number of nitrogens with one attached hydrogen (secondary N) is 1. The monoisotopic (exact) mass is 261 g/mol. The summed E-state index contributed by atoms with van der Waals surface area (Å²) in [5.74, 6) is -0.468. The molecule has 0 unspecified atom stereocenters. The van der Waals surface area contributed by atoms with Gasteiger partial charge in [0.1, 0.15) is 10.7 Å². The van der Waals surface area contributed by atoms with Gasteiger partial charge in [-0.2, -0.15) is 0 Å². The van der Waals surface area contributed by atoms with Gasteiger partial charge in [-0.25, -0.2) is 9.78 Å².